The van der Waals surface area contributed by atoms with Crippen LogP contribution in [0.1, 0.15) is 11.1 Å². The first-order valence-corrected chi connectivity index (χ1v) is 3.17. The van der Waals surface area contributed by atoms with E-state index in [0.717, 1.165) is 5.75 Å². The molecule has 54 valence electrons. The summed E-state index contributed by atoms with van der Waals surface area (Å²) >= 11 is 0. The summed E-state index contributed by atoms with van der Waals surface area (Å²) in [5.41, 5.74) is 2.33. The van der Waals surface area contributed by atoms with Crippen LogP contribution in [0.2, 0.25) is 0 Å². The van der Waals surface area contributed by atoms with Gasteiger partial charge in [-0.15, -0.1) is 0 Å². The van der Waals surface area contributed by atoms with Crippen molar-refractivity contribution < 1.29 is 4.84 Å². The van der Waals surface area contributed by atoms with Gasteiger partial charge in [0.05, 0.1) is 0 Å². The third kappa shape index (κ3) is 1.48. The maximum absolute atomic E-state index is 4.99. The van der Waals surface area contributed by atoms with Crippen molar-refractivity contribution in [2.75, 3.05) is 0 Å². The van der Waals surface area contributed by atoms with Crippen LogP contribution in [0.5, 0.6) is 5.75 Å². The van der Waals surface area contributed by atoms with Gasteiger partial charge in [0.1, 0.15) is 5.75 Å². The molecule has 0 saturated heterocycles. The van der Waals surface area contributed by atoms with Crippen molar-refractivity contribution in [3.8, 4) is 5.75 Å². The highest BCUT2D eigenvalue weighted by molar-refractivity contribution is 5.32. The lowest BCUT2D eigenvalue weighted by Gasteiger charge is -2.00. The maximum Gasteiger partial charge on any atom is 0.147 e. The molecule has 0 radical (unpaired) electrons. The lowest BCUT2D eigenvalue weighted by atomic mass is 10.1. The Morgan fingerprint density at radius 2 is 1.60 bits per heavy atom. The Hall–Kier alpha value is -1.02. The standard InChI is InChI=1S/C8H11NO/c1-6-3-7(2)5-8(4-6)10-9/h3-5H,9H2,1-2H3. The van der Waals surface area contributed by atoms with E-state index in [2.05, 4.69) is 10.9 Å². The number of hydrogen-bond acceptors (Lipinski definition) is 2. The maximum atomic E-state index is 4.99. The van der Waals surface area contributed by atoms with E-state index in [1.54, 1.807) is 0 Å². The molecule has 0 amide bonds. The summed E-state index contributed by atoms with van der Waals surface area (Å²) in [5.74, 6) is 5.71. The van der Waals surface area contributed by atoms with E-state index in [1.165, 1.54) is 11.1 Å². The van der Waals surface area contributed by atoms with Crippen molar-refractivity contribution in [1.29, 1.82) is 0 Å². The van der Waals surface area contributed by atoms with Gasteiger partial charge in [-0.1, -0.05) is 6.07 Å². The zero-order valence-electron chi connectivity index (χ0n) is 6.22. The normalized spacial score (nSPS) is 9.50. The van der Waals surface area contributed by atoms with Crippen LogP contribution in [0.15, 0.2) is 18.2 Å². The molecule has 1 aromatic carbocycles. The van der Waals surface area contributed by atoms with Crippen LogP contribution in [0.4, 0.5) is 0 Å². The van der Waals surface area contributed by atoms with E-state index in [-0.39, 0.29) is 0 Å². The molecular formula is C8H11NO. The molecule has 0 aliphatic carbocycles. The first-order chi connectivity index (χ1) is 4.72. The van der Waals surface area contributed by atoms with Crippen LogP contribution in [0, 0.1) is 13.8 Å². The predicted molar refractivity (Wildman–Crippen MR) is 40.7 cm³/mol. The van der Waals surface area contributed by atoms with Crippen LogP contribution in [-0.4, -0.2) is 0 Å². The van der Waals surface area contributed by atoms with Crippen LogP contribution >= 0.6 is 0 Å². The van der Waals surface area contributed by atoms with Gasteiger partial charge in [0.15, 0.2) is 0 Å². The molecule has 0 fully saturated rings. The van der Waals surface area contributed by atoms with E-state index in [1.807, 2.05) is 26.0 Å². The highest BCUT2D eigenvalue weighted by Crippen LogP contribution is 2.14. The van der Waals surface area contributed by atoms with Gasteiger partial charge >= 0.3 is 0 Å². The topological polar surface area (TPSA) is 35.2 Å². The van der Waals surface area contributed by atoms with Crippen molar-refractivity contribution in [3.63, 3.8) is 0 Å². The lowest BCUT2D eigenvalue weighted by Crippen LogP contribution is -2.01. The molecule has 0 unspecified atom stereocenters. The van der Waals surface area contributed by atoms with Crippen LogP contribution < -0.4 is 10.7 Å². The van der Waals surface area contributed by atoms with Gasteiger partial charge in [0.2, 0.25) is 0 Å². The van der Waals surface area contributed by atoms with Crippen LogP contribution in [0.3, 0.4) is 0 Å². The Labute approximate surface area is 60.6 Å². The molecular weight excluding hydrogens is 126 g/mol. The van der Waals surface area contributed by atoms with E-state index < -0.39 is 0 Å². The second-order valence-electron chi connectivity index (χ2n) is 2.44. The van der Waals surface area contributed by atoms with Crippen molar-refractivity contribution in [2.24, 2.45) is 5.90 Å². The van der Waals surface area contributed by atoms with Crippen molar-refractivity contribution in [2.45, 2.75) is 13.8 Å². The zero-order chi connectivity index (χ0) is 7.56. The fraction of sp³-hybridized carbons (Fsp3) is 0.250. The number of benzene rings is 1. The SMILES string of the molecule is Cc1cc(C)cc(ON)c1. The predicted octanol–water partition coefficient (Wildman–Crippen LogP) is 1.56. The summed E-state index contributed by atoms with van der Waals surface area (Å²) in [6.45, 7) is 4.02. The van der Waals surface area contributed by atoms with Gasteiger partial charge in [0, 0.05) is 0 Å². The molecule has 0 bridgehead atoms. The summed E-state index contributed by atoms with van der Waals surface area (Å²) in [4.78, 5) is 4.58. The highest BCUT2D eigenvalue weighted by atomic mass is 16.6. The molecule has 2 N–H and O–H groups in total. The second kappa shape index (κ2) is 2.71. The average molecular weight is 137 g/mol. The minimum absolute atomic E-state index is 0.720. The van der Waals surface area contributed by atoms with E-state index in [9.17, 15) is 0 Å². The second-order valence-corrected chi connectivity index (χ2v) is 2.44. The highest BCUT2D eigenvalue weighted by Gasteiger charge is 1.93. The largest absolute Gasteiger partial charge is 0.412 e. The van der Waals surface area contributed by atoms with Crippen LogP contribution in [-0.2, 0) is 0 Å². The van der Waals surface area contributed by atoms with Gasteiger partial charge < -0.3 is 4.84 Å². The van der Waals surface area contributed by atoms with Crippen molar-refractivity contribution in [1.82, 2.24) is 0 Å². The molecule has 2 heteroatoms. The molecule has 0 saturated carbocycles. The first kappa shape index (κ1) is 7.09. The molecule has 1 rings (SSSR count). The Bertz CT molecular complexity index is 212. The minimum atomic E-state index is 0.720. The lowest BCUT2D eigenvalue weighted by molar-refractivity contribution is 0.334. The third-order valence-corrected chi connectivity index (χ3v) is 1.33. The Morgan fingerprint density at radius 3 is 2.00 bits per heavy atom. The summed E-state index contributed by atoms with van der Waals surface area (Å²) in [6.07, 6.45) is 0. The average Bonchev–Trinajstić information content (AvgIpc) is 1.85. The molecule has 0 aliphatic rings. The Balaban J connectivity index is 3.06. The molecule has 0 aromatic heterocycles. The van der Waals surface area contributed by atoms with Crippen molar-refractivity contribution in [3.05, 3.63) is 29.3 Å². The summed E-state index contributed by atoms with van der Waals surface area (Å²) in [6, 6.07) is 5.86. The molecule has 0 atom stereocenters. The van der Waals surface area contributed by atoms with Gasteiger partial charge in [-0.05, 0) is 37.1 Å². The van der Waals surface area contributed by atoms with Crippen molar-refractivity contribution >= 4 is 0 Å². The summed E-state index contributed by atoms with van der Waals surface area (Å²) in [5, 5.41) is 0. The number of rotatable bonds is 1. The number of hydrogen-bond donors (Lipinski definition) is 1. The fourth-order valence-corrected chi connectivity index (χ4v) is 1.00. The molecule has 1 aromatic rings. The minimum Gasteiger partial charge on any atom is -0.412 e. The quantitative estimate of drug-likeness (QED) is 0.596. The number of nitrogens with two attached hydrogens (primary N) is 1. The first-order valence-electron chi connectivity index (χ1n) is 3.17. The smallest absolute Gasteiger partial charge is 0.147 e. The molecule has 0 heterocycles. The fourth-order valence-electron chi connectivity index (χ4n) is 1.00. The Morgan fingerprint density at radius 1 is 1.10 bits per heavy atom. The zero-order valence-corrected chi connectivity index (χ0v) is 6.22. The summed E-state index contributed by atoms with van der Waals surface area (Å²) < 4.78 is 0. The van der Waals surface area contributed by atoms with Gasteiger partial charge in [-0.2, -0.15) is 5.90 Å². The third-order valence-electron chi connectivity index (χ3n) is 1.33. The Kier molecular flexibility index (Phi) is 1.92. The van der Waals surface area contributed by atoms with Gasteiger partial charge in [-0.3, -0.25) is 0 Å². The van der Waals surface area contributed by atoms with E-state index >= 15 is 0 Å². The van der Waals surface area contributed by atoms with Gasteiger partial charge in [-0.25, -0.2) is 0 Å². The molecule has 10 heavy (non-hydrogen) atoms. The van der Waals surface area contributed by atoms with E-state index in [0.29, 0.717) is 0 Å². The molecule has 0 spiro atoms. The van der Waals surface area contributed by atoms with Crippen LogP contribution in [0.25, 0.3) is 0 Å². The monoisotopic (exact) mass is 137 g/mol. The van der Waals surface area contributed by atoms with Gasteiger partial charge in [0.25, 0.3) is 0 Å². The molecule has 0 aliphatic heterocycles. The van der Waals surface area contributed by atoms with E-state index in [4.69, 9.17) is 5.90 Å². The summed E-state index contributed by atoms with van der Waals surface area (Å²) in [7, 11) is 0. The molecule has 2 nitrogen and oxygen atoms in total. The number of aryl methyl sites for hydroxylation is 2.